The van der Waals surface area contributed by atoms with E-state index >= 15 is 0 Å². The first-order valence-corrected chi connectivity index (χ1v) is 9.33. The van der Waals surface area contributed by atoms with Gasteiger partial charge in [-0.2, -0.15) is 4.31 Å². The summed E-state index contributed by atoms with van der Waals surface area (Å²) in [6, 6.07) is 0.149. The van der Waals surface area contributed by atoms with Crippen LogP contribution in [0.3, 0.4) is 0 Å². The highest BCUT2D eigenvalue weighted by atomic mass is 32.2. The Bertz CT molecular complexity index is 377. The van der Waals surface area contributed by atoms with Crippen molar-refractivity contribution in [2.24, 2.45) is 17.6 Å². The van der Waals surface area contributed by atoms with Gasteiger partial charge in [0.05, 0.1) is 5.75 Å². The standard InChI is InChI=1S/C14H28N2O2S/c1-12-7-8-14(9-15)10-16(12)19(17,18)11-13-5-3-2-4-6-13/h12-14H,2-11,15H2,1H3. The predicted octanol–water partition coefficient (Wildman–Crippen LogP) is 1.96. The predicted molar refractivity (Wildman–Crippen MR) is 78.3 cm³/mol. The third-order valence-corrected chi connectivity index (χ3v) is 6.90. The van der Waals surface area contributed by atoms with Gasteiger partial charge in [0.1, 0.15) is 0 Å². The van der Waals surface area contributed by atoms with E-state index in [4.69, 9.17) is 5.73 Å². The van der Waals surface area contributed by atoms with Crippen LogP contribution in [0.25, 0.3) is 0 Å². The number of nitrogens with two attached hydrogens (primary N) is 1. The van der Waals surface area contributed by atoms with Crippen LogP contribution in [0.15, 0.2) is 0 Å². The van der Waals surface area contributed by atoms with Crippen molar-refractivity contribution in [1.29, 1.82) is 0 Å². The lowest BCUT2D eigenvalue weighted by Crippen LogP contribution is -2.48. The van der Waals surface area contributed by atoms with Crippen molar-refractivity contribution >= 4 is 10.0 Å². The SMILES string of the molecule is CC1CCC(CN)CN1S(=O)(=O)CC1CCCCC1. The minimum Gasteiger partial charge on any atom is -0.330 e. The topological polar surface area (TPSA) is 63.4 Å². The van der Waals surface area contributed by atoms with Gasteiger partial charge in [-0.25, -0.2) is 8.42 Å². The van der Waals surface area contributed by atoms with E-state index in [2.05, 4.69) is 0 Å². The van der Waals surface area contributed by atoms with Crippen LogP contribution < -0.4 is 5.73 Å². The monoisotopic (exact) mass is 288 g/mol. The van der Waals surface area contributed by atoms with Crippen LogP contribution in [0.2, 0.25) is 0 Å². The average molecular weight is 288 g/mol. The Kier molecular flexibility index (Phi) is 5.26. The van der Waals surface area contributed by atoms with E-state index in [-0.39, 0.29) is 6.04 Å². The van der Waals surface area contributed by atoms with Crippen LogP contribution in [0.1, 0.15) is 51.9 Å². The number of rotatable bonds is 4. The molecule has 1 saturated carbocycles. The van der Waals surface area contributed by atoms with E-state index in [1.807, 2.05) is 6.92 Å². The molecule has 2 N–H and O–H groups in total. The Balaban J connectivity index is 2.00. The van der Waals surface area contributed by atoms with Crippen LogP contribution in [0, 0.1) is 11.8 Å². The minimum absolute atomic E-state index is 0.149. The maximum atomic E-state index is 12.6. The molecular formula is C14H28N2O2S. The zero-order valence-electron chi connectivity index (χ0n) is 12.1. The molecule has 0 aromatic heterocycles. The molecule has 19 heavy (non-hydrogen) atoms. The number of sulfonamides is 1. The van der Waals surface area contributed by atoms with Gasteiger partial charge in [0.25, 0.3) is 0 Å². The zero-order chi connectivity index (χ0) is 13.9. The van der Waals surface area contributed by atoms with Crippen LogP contribution in [0.4, 0.5) is 0 Å². The molecule has 2 aliphatic rings. The van der Waals surface area contributed by atoms with Crippen LogP contribution in [0.5, 0.6) is 0 Å². The quantitative estimate of drug-likeness (QED) is 0.860. The average Bonchev–Trinajstić information content (AvgIpc) is 2.39. The number of nitrogens with zero attached hydrogens (tertiary/aromatic N) is 1. The molecule has 2 unspecified atom stereocenters. The van der Waals surface area contributed by atoms with Crippen LogP contribution in [-0.2, 0) is 10.0 Å². The summed E-state index contributed by atoms with van der Waals surface area (Å²) in [4.78, 5) is 0. The maximum Gasteiger partial charge on any atom is 0.214 e. The first kappa shape index (κ1) is 15.3. The molecule has 0 bridgehead atoms. The van der Waals surface area contributed by atoms with Crippen molar-refractivity contribution in [1.82, 2.24) is 4.31 Å². The second kappa shape index (κ2) is 6.55. The summed E-state index contributed by atoms with van der Waals surface area (Å²) in [7, 11) is -3.10. The second-order valence-electron chi connectivity index (χ2n) is 6.38. The first-order valence-electron chi connectivity index (χ1n) is 7.72. The van der Waals surface area contributed by atoms with Gasteiger partial charge >= 0.3 is 0 Å². The summed E-state index contributed by atoms with van der Waals surface area (Å²) in [6.45, 7) is 3.26. The lowest BCUT2D eigenvalue weighted by molar-refractivity contribution is 0.209. The van der Waals surface area contributed by atoms with Gasteiger partial charge in [-0.15, -0.1) is 0 Å². The summed E-state index contributed by atoms with van der Waals surface area (Å²) in [5, 5.41) is 0. The zero-order valence-corrected chi connectivity index (χ0v) is 12.9. The van der Waals surface area contributed by atoms with Crippen molar-refractivity contribution < 1.29 is 8.42 Å². The first-order chi connectivity index (χ1) is 9.03. The summed E-state index contributed by atoms with van der Waals surface area (Å²) in [5.74, 6) is 1.08. The van der Waals surface area contributed by atoms with E-state index in [1.54, 1.807) is 4.31 Å². The molecule has 2 rings (SSSR count). The molecule has 0 amide bonds. The van der Waals surface area contributed by atoms with E-state index in [0.29, 0.717) is 30.7 Å². The van der Waals surface area contributed by atoms with Crippen LogP contribution in [-0.4, -0.2) is 37.6 Å². The van der Waals surface area contributed by atoms with E-state index in [9.17, 15) is 8.42 Å². The Morgan fingerprint density at radius 1 is 1.05 bits per heavy atom. The highest BCUT2D eigenvalue weighted by Crippen LogP contribution is 2.29. The van der Waals surface area contributed by atoms with Gasteiger partial charge in [-0.05, 0) is 51.0 Å². The molecule has 0 aromatic rings. The molecule has 1 heterocycles. The van der Waals surface area contributed by atoms with Crippen molar-refractivity contribution in [3.63, 3.8) is 0 Å². The summed E-state index contributed by atoms with van der Waals surface area (Å²) < 4.78 is 27.0. The van der Waals surface area contributed by atoms with Crippen molar-refractivity contribution in [2.45, 2.75) is 57.9 Å². The minimum atomic E-state index is -3.10. The highest BCUT2D eigenvalue weighted by molar-refractivity contribution is 7.89. The molecule has 1 saturated heterocycles. The van der Waals surface area contributed by atoms with E-state index in [1.165, 1.54) is 19.3 Å². The molecule has 1 aliphatic heterocycles. The molecule has 112 valence electrons. The fourth-order valence-corrected chi connectivity index (χ4v) is 5.69. The lowest BCUT2D eigenvalue weighted by atomic mass is 9.91. The smallest absolute Gasteiger partial charge is 0.214 e. The highest BCUT2D eigenvalue weighted by Gasteiger charge is 2.34. The molecule has 2 atom stereocenters. The normalized spacial score (nSPS) is 31.5. The second-order valence-corrected chi connectivity index (χ2v) is 8.35. The van der Waals surface area contributed by atoms with Gasteiger partial charge in [-0.1, -0.05) is 19.3 Å². The molecule has 0 aromatic carbocycles. The van der Waals surface area contributed by atoms with Crippen molar-refractivity contribution in [3.05, 3.63) is 0 Å². The number of hydrogen-bond donors (Lipinski definition) is 1. The molecule has 1 aliphatic carbocycles. The van der Waals surface area contributed by atoms with Crippen molar-refractivity contribution in [2.75, 3.05) is 18.8 Å². The molecule has 0 spiro atoms. The molecule has 4 nitrogen and oxygen atoms in total. The third kappa shape index (κ3) is 3.92. The third-order valence-electron chi connectivity index (χ3n) is 4.78. The van der Waals surface area contributed by atoms with Gasteiger partial charge in [0, 0.05) is 12.6 Å². The molecule has 5 heteroatoms. The summed E-state index contributed by atoms with van der Waals surface area (Å²) in [6.07, 6.45) is 7.84. The lowest BCUT2D eigenvalue weighted by Gasteiger charge is -2.37. The maximum absolute atomic E-state index is 12.6. The van der Waals surface area contributed by atoms with Gasteiger partial charge < -0.3 is 5.73 Å². The van der Waals surface area contributed by atoms with Gasteiger partial charge in [-0.3, -0.25) is 0 Å². The Hall–Kier alpha value is -0.130. The summed E-state index contributed by atoms with van der Waals surface area (Å²) in [5.41, 5.74) is 5.72. The fraction of sp³-hybridized carbons (Fsp3) is 1.00. The largest absolute Gasteiger partial charge is 0.330 e. The summed E-state index contributed by atoms with van der Waals surface area (Å²) >= 11 is 0. The fourth-order valence-electron chi connectivity index (χ4n) is 3.47. The number of hydrogen-bond acceptors (Lipinski definition) is 3. The Labute approximate surface area is 117 Å². The van der Waals surface area contributed by atoms with Crippen molar-refractivity contribution in [3.8, 4) is 0 Å². The molecule has 0 radical (unpaired) electrons. The van der Waals surface area contributed by atoms with E-state index < -0.39 is 10.0 Å². The van der Waals surface area contributed by atoms with E-state index in [0.717, 1.165) is 25.7 Å². The van der Waals surface area contributed by atoms with Gasteiger partial charge in [0.2, 0.25) is 10.0 Å². The Morgan fingerprint density at radius 3 is 2.37 bits per heavy atom. The molecule has 2 fully saturated rings. The van der Waals surface area contributed by atoms with Crippen LogP contribution >= 0.6 is 0 Å². The van der Waals surface area contributed by atoms with Gasteiger partial charge in [0.15, 0.2) is 0 Å². The molecular weight excluding hydrogens is 260 g/mol. The number of piperidine rings is 1. The Morgan fingerprint density at radius 2 is 1.74 bits per heavy atom.